The monoisotopic (exact) mass is 374 g/mol. The van der Waals surface area contributed by atoms with Crippen molar-refractivity contribution in [1.29, 1.82) is 0 Å². The summed E-state index contributed by atoms with van der Waals surface area (Å²) in [5.74, 6) is -1.05. The molecule has 2 heterocycles. The molecule has 140 valence electrons. The number of aryl methyl sites for hydroxylation is 1. The molecule has 0 saturated carbocycles. The lowest BCUT2D eigenvalue weighted by atomic mass is 10.1. The van der Waals surface area contributed by atoms with Crippen LogP contribution in [0.15, 0.2) is 71.8 Å². The topological polar surface area (TPSA) is 89.1 Å². The van der Waals surface area contributed by atoms with E-state index in [1.807, 2.05) is 36.5 Å². The highest BCUT2D eigenvalue weighted by Crippen LogP contribution is 2.23. The zero-order valence-corrected chi connectivity index (χ0v) is 15.2. The number of nitrogens with zero attached hydrogens (tertiary/aromatic N) is 3. The summed E-state index contributed by atoms with van der Waals surface area (Å²) in [4.78, 5) is 25.0. The zero-order valence-electron chi connectivity index (χ0n) is 15.2. The Morgan fingerprint density at radius 3 is 2.57 bits per heavy atom. The fraction of sp³-hybridized carbons (Fsp3) is 0.0952. The van der Waals surface area contributed by atoms with Crippen molar-refractivity contribution in [2.75, 3.05) is 0 Å². The second-order valence-corrected chi connectivity index (χ2v) is 6.40. The molecule has 7 heteroatoms. The minimum atomic E-state index is -0.604. The van der Waals surface area contributed by atoms with E-state index in [9.17, 15) is 14.7 Å². The predicted molar refractivity (Wildman–Crippen MR) is 106 cm³/mol. The van der Waals surface area contributed by atoms with Crippen molar-refractivity contribution in [2.45, 2.75) is 6.54 Å². The lowest BCUT2D eigenvalue weighted by Gasteiger charge is -2.12. The van der Waals surface area contributed by atoms with Gasteiger partial charge < -0.3 is 15.0 Å². The van der Waals surface area contributed by atoms with Crippen molar-refractivity contribution in [1.82, 2.24) is 19.7 Å². The van der Waals surface area contributed by atoms with Crippen LogP contribution in [0.4, 0.5) is 0 Å². The van der Waals surface area contributed by atoms with E-state index in [-0.39, 0.29) is 12.1 Å². The van der Waals surface area contributed by atoms with Gasteiger partial charge in [-0.1, -0.05) is 30.3 Å². The first-order valence-corrected chi connectivity index (χ1v) is 8.74. The molecule has 0 atom stereocenters. The van der Waals surface area contributed by atoms with Gasteiger partial charge in [-0.3, -0.25) is 9.59 Å². The van der Waals surface area contributed by atoms with E-state index >= 15 is 0 Å². The molecule has 4 aromatic rings. The number of nitrogens with one attached hydrogen (secondary N) is 1. The summed E-state index contributed by atoms with van der Waals surface area (Å²) in [6.45, 7) is 0.265. The molecule has 4 rings (SSSR count). The number of benzene rings is 2. The number of para-hydroxylation sites is 1. The molecular formula is C21H18N4O3. The van der Waals surface area contributed by atoms with Gasteiger partial charge in [0.15, 0.2) is 5.75 Å². The van der Waals surface area contributed by atoms with E-state index in [0.29, 0.717) is 10.9 Å². The van der Waals surface area contributed by atoms with Gasteiger partial charge in [0, 0.05) is 31.4 Å². The van der Waals surface area contributed by atoms with Gasteiger partial charge >= 0.3 is 0 Å². The SMILES string of the molecule is Cn1c(=O)c(O)c(C(=O)NCc2ccc(-n3cccn3)cc2)c2ccccc21. The number of carbonyl (C=O) groups is 1. The molecule has 0 radical (unpaired) electrons. The quantitative estimate of drug-likeness (QED) is 0.574. The maximum Gasteiger partial charge on any atom is 0.293 e. The van der Waals surface area contributed by atoms with Crippen molar-refractivity contribution in [3.05, 3.63) is 88.5 Å². The third-order valence-corrected chi connectivity index (χ3v) is 4.66. The first-order chi connectivity index (χ1) is 13.6. The maximum absolute atomic E-state index is 12.7. The molecule has 0 aliphatic carbocycles. The van der Waals surface area contributed by atoms with Crippen LogP contribution in [0.5, 0.6) is 5.75 Å². The number of amides is 1. The van der Waals surface area contributed by atoms with Gasteiger partial charge in [-0.25, -0.2) is 4.68 Å². The third-order valence-electron chi connectivity index (χ3n) is 4.66. The van der Waals surface area contributed by atoms with Crippen LogP contribution in [0, 0.1) is 0 Å². The van der Waals surface area contributed by atoms with E-state index in [4.69, 9.17) is 0 Å². The highest BCUT2D eigenvalue weighted by atomic mass is 16.3. The van der Waals surface area contributed by atoms with Crippen LogP contribution in [-0.2, 0) is 13.6 Å². The van der Waals surface area contributed by atoms with Crippen LogP contribution in [-0.4, -0.2) is 25.4 Å². The molecule has 0 fully saturated rings. The first-order valence-electron chi connectivity index (χ1n) is 8.74. The van der Waals surface area contributed by atoms with Crippen molar-refractivity contribution < 1.29 is 9.90 Å². The Labute approximate surface area is 160 Å². The number of aromatic nitrogens is 3. The van der Waals surface area contributed by atoms with E-state index in [0.717, 1.165) is 11.3 Å². The van der Waals surface area contributed by atoms with Gasteiger partial charge in [-0.2, -0.15) is 5.10 Å². The Kier molecular flexibility index (Phi) is 4.41. The zero-order chi connectivity index (χ0) is 19.7. The standard InChI is InChI=1S/C21H18N4O3/c1-24-17-6-3-2-5-16(17)18(19(26)21(24)28)20(27)22-13-14-7-9-15(10-8-14)25-12-4-11-23-25/h2-12,26H,13H2,1H3,(H,22,27). The summed E-state index contributed by atoms with van der Waals surface area (Å²) in [7, 11) is 1.56. The van der Waals surface area contributed by atoms with Gasteiger partial charge in [0.2, 0.25) is 0 Å². The van der Waals surface area contributed by atoms with Crippen LogP contribution < -0.4 is 10.9 Å². The average Bonchev–Trinajstić information content (AvgIpc) is 3.26. The number of fused-ring (bicyclic) bond motifs is 1. The fourth-order valence-electron chi connectivity index (χ4n) is 3.17. The van der Waals surface area contributed by atoms with Gasteiger partial charge in [0.25, 0.3) is 11.5 Å². The maximum atomic E-state index is 12.7. The van der Waals surface area contributed by atoms with E-state index in [2.05, 4.69) is 10.4 Å². The minimum absolute atomic E-state index is 0.00754. The molecule has 0 aliphatic rings. The van der Waals surface area contributed by atoms with Crippen LogP contribution in [0.25, 0.3) is 16.6 Å². The summed E-state index contributed by atoms with van der Waals surface area (Å²) in [6, 6.07) is 16.4. The Morgan fingerprint density at radius 2 is 1.86 bits per heavy atom. The summed E-state index contributed by atoms with van der Waals surface area (Å²) in [6.07, 6.45) is 3.55. The van der Waals surface area contributed by atoms with Gasteiger partial charge in [-0.15, -0.1) is 0 Å². The molecule has 2 aromatic carbocycles. The van der Waals surface area contributed by atoms with E-state index in [1.54, 1.807) is 42.2 Å². The van der Waals surface area contributed by atoms with Crippen molar-refractivity contribution in [3.8, 4) is 11.4 Å². The first kappa shape index (κ1) is 17.5. The number of aromatic hydroxyl groups is 1. The highest BCUT2D eigenvalue weighted by molar-refractivity contribution is 6.08. The highest BCUT2D eigenvalue weighted by Gasteiger charge is 2.20. The Hall–Kier alpha value is -3.87. The van der Waals surface area contributed by atoms with Crippen LogP contribution >= 0.6 is 0 Å². The smallest absolute Gasteiger partial charge is 0.293 e. The van der Waals surface area contributed by atoms with Crippen molar-refractivity contribution in [3.63, 3.8) is 0 Å². The molecule has 28 heavy (non-hydrogen) atoms. The van der Waals surface area contributed by atoms with Crippen LogP contribution in [0.3, 0.4) is 0 Å². The minimum Gasteiger partial charge on any atom is -0.502 e. The van der Waals surface area contributed by atoms with Gasteiger partial charge in [0.05, 0.1) is 16.8 Å². The number of rotatable bonds is 4. The molecular weight excluding hydrogens is 356 g/mol. The van der Waals surface area contributed by atoms with Gasteiger partial charge in [-0.05, 0) is 29.8 Å². The lowest BCUT2D eigenvalue weighted by molar-refractivity contribution is 0.0949. The fourth-order valence-corrected chi connectivity index (χ4v) is 3.17. The molecule has 0 unspecified atom stereocenters. The Morgan fingerprint density at radius 1 is 1.11 bits per heavy atom. The molecule has 7 nitrogen and oxygen atoms in total. The summed E-state index contributed by atoms with van der Waals surface area (Å²) >= 11 is 0. The number of hydrogen-bond acceptors (Lipinski definition) is 4. The summed E-state index contributed by atoms with van der Waals surface area (Å²) in [5.41, 5.74) is 1.77. The third kappa shape index (κ3) is 3.03. The normalized spacial score (nSPS) is 10.9. The molecule has 2 N–H and O–H groups in total. The number of pyridine rings is 1. The lowest BCUT2D eigenvalue weighted by Crippen LogP contribution is -2.27. The molecule has 0 saturated heterocycles. The molecule has 2 aromatic heterocycles. The van der Waals surface area contributed by atoms with Crippen LogP contribution in [0.1, 0.15) is 15.9 Å². The van der Waals surface area contributed by atoms with Crippen molar-refractivity contribution >= 4 is 16.8 Å². The molecule has 1 amide bonds. The largest absolute Gasteiger partial charge is 0.502 e. The molecule has 0 bridgehead atoms. The molecule has 0 aliphatic heterocycles. The number of hydrogen-bond donors (Lipinski definition) is 2. The number of carbonyl (C=O) groups excluding carboxylic acids is 1. The summed E-state index contributed by atoms with van der Waals surface area (Å²) < 4.78 is 3.07. The van der Waals surface area contributed by atoms with Crippen LogP contribution in [0.2, 0.25) is 0 Å². The second kappa shape index (κ2) is 7.03. The Bertz CT molecular complexity index is 1210. The van der Waals surface area contributed by atoms with Crippen molar-refractivity contribution in [2.24, 2.45) is 7.05 Å². The van der Waals surface area contributed by atoms with E-state index < -0.39 is 17.2 Å². The Balaban J connectivity index is 1.59. The van der Waals surface area contributed by atoms with Gasteiger partial charge in [0.1, 0.15) is 0 Å². The second-order valence-electron chi connectivity index (χ2n) is 6.40. The predicted octanol–water partition coefficient (Wildman–Crippen LogP) is 2.36. The average molecular weight is 374 g/mol. The molecule has 0 spiro atoms. The van der Waals surface area contributed by atoms with E-state index in [1.165, 1.54) is 4.57 Å². The summed E-state index contributed by atoms with van der Waals surface area (Å²) in [5, 5.41) is 17.8.